The van der Waals surface area contributed by atoms with Gasteiger partial charge >= 0.3 is 12.1 Å². The summed E-state index contributed by atoms with van der Waals surface area (Å²) in [5.74, 6) is -2.88. The number of carbonyl (C=O) groups is 1. The molecule has 0 atom stereocenters. The van der Waals surface area contributed by atoms with E-state index in [-0.39, 0.29) is 39.2 Å². The summed E-state index contributed by atoms with van der Waals surface area (Å²) in [6, 6.07) is 4.93. The summed E-state index contributed by atoms with van der Waals surface area (Å²) in [6.07, 6.45) is -4.45. The lowest BCUT2D eigenvalue weighted by Gasteiger charge is -2.14. The molecule has 0 amide bonds. The molecule has 1 aromatic carbocycles. The lowest BCUT2D eigenvalue weighted by Crippen LogP contribution is -2.14. The Kier molecular flexibility index (Phi) is 6.35. The Morgan fingerprint density at radius 3 is 2.62 bits per heavy atom. The molecule has 0 aliphatic heterocycles. The number of aromatic nitrogens is 1. The zero-order chi connectivity index (χ0) is 19.5. The van der Waals surface area contributed by atoms with E-state index in [0.29, 0.717) is 11.8 Å². The van der Waals surface area contributed by atoms with Crippen LogP contribution in [0.4, 0.5) is 23.2 Å². The van der Waals surface area contributed by atoms with E-state index in [0.717, 1.165) is 6.07 Å². The number of alkyl halides is 3. The van der Waals surface area contributed by atoms with Crippen LogP contribution in [0.15, 0.2) is 29.2 Å². The van der Waals surface area contributed by atoms with Crippen LogP contribution < -0.4 is 5.73 Å². The number of benzene rings is 1. The van der Waals surface area contributed by atoms with Crippen molar-refractivity contribution in [3.05, 3.63) is 40.8 Å². The van der Waals surface area contributed by atoms with Gasteiger partial charge in [-0.05, 0) is 31.2 Å². The number of thioether (sulfide) groups is 1. The molecule has 2 aromatic rings. The van der Waals surface area contributed by atoms with E-state index < -0.39 is 23.7 Å². The van der Waals surface area contributed by atoms with Crippen LogP contribution in [0.3, 0.4) is 0 Å². The number of anilines is 1. The highest BCUT2D eigenvalue weighted by molar-refractivity contribution is 7.99. The predicted octanol–water partition coefficient (Wildman–Crippen LogP) is 4.95. The highest BCUT2D eigenvalue weighted by Gasteiger charge is 2.29. The average molecular weight is 409 g/mol. The second-order valence-corrected chi connectivity index (χ2v) is 6.47. The minimum atomic E-state index is -4.45. The van der Waals surface area contributed by atoms with E-state index in [9.17, 15) is 22.4 Å². The van der Waals surface area contributed by atoms with Crippen molar-refractivity contribution >= 4 is 35.0 Å². The van der Waals surface area contributed by atoms with Gasteiger partial charge in [0.25, 0.3) is 0 Å². The Morgan fingerprint density at radius 2 is 2.04 bits per heavy atom. The summed E-state index contributed by atoms with van der Waals surface area (Å²) < 4.78 is 56.6. The standard InChI is InChI=1S/C16H13ClF4N2O2S/c1-2-25-15(24)14-13(22)12(26-7-16(19,20)21)6-11(23-14)9-4-3-8(17)5-10(9)18/h3-6H,2,7,22H2,1H3. The van der Waals surface area contributed by atoms with Crippen LogP contribution in [0.25, 0.3) is 11.3 Å². The van der Waals surface area contributed by atoms with Gasteiger partial charge in [-0.2, -0.15) is 13.2 Å². The van der Waals surface area contributed by atoms with Gasteiger partial charge in [0.05, 0.1) is 23.7 Å². The fourth-order valence-electron chi connectivity index (χ4n) is 2.00. The second kappa shape index (κ2) is 8.13. The van der Waals surface area contributed by atoms with Crippen LogP contribution in [-0.2, 0) is 4.74 Å². The first-order valence-electron chi connectivity index (χ1n) is 7.25. The molecule has 0 aliphatic rings. The number of esters is 1. The second-order valence-electron chi connectivity index (χ2n) is 5.02. The molecular formula is C16H13ClF4N2O2S. The van der Waals surface area contributed by atoms with Crippen molar-refractivity contribution in [1.82, 2.24) is 4.98 Å². The van der Waals surface area contributed by atoms with Crippen molar-refractivity contribution in [2.24, 2.45) is 0 Å². The Hall–Kier alpha value is -2.00. The minimum Gasteiger partial charge on any atom is -0.461 e. The maximum atomic E-state index is 14.2. The van der Waals surface area contributed by atoms with E-state index in [2.05, 4.69) is 4.98 Å². The molecule has 0 unspecified atom stereocenters. The summed E-state index contributed by atoms with van der Waals surface area (Å²) in [4.78, 5) is 16.0. The average Bonchev–Trinajstić information content (AvgIpc) is 2.53. The third-order valence-corrected chi connectivity index (χ3v) is 4.44. The molecule has 0 aliphatic carbocycles. The largest absolute Gasteiger partial charge is 0.461 e. The Bertz CT molecular complexity index is 831. The van der Waals surface area contributed by atoms with E-state index in [1.54, 1.807) is 6.92 Å². The maximum absolute atomic E-state index is 14.2. The molecular weight excluding hydrogens is 396 g/mol. The van der Waals surface area contributed by atoms with Crippen molar-refractivity contribution in [2.45, 2.75) is 18.0 Å². The van der Waals surface area contributed by atoms with Crippen LogP contribution in [0.2, 0.25) is 5.02 Å². The molecule has 0 radical (unpaired) electrons. The molecule has 2 rings (SSSR count). The van der Waals surface area contributed by atoms with Crippen LogP contribution in [0.1, 0.15) is 17.4 Å². The number of halogens is 5. The number of pyridine rings is 1. The van der Waals surface area contributed by atoms with Gasteiger partial charge in [-0.25, -0.2) is 14.2 Å². The third kappa shape index (κ3) is 5.01. The summed E-state index contributed by atoms with van der Waals surface area (Å²) in [6.45, 7) is 1.57. The molecule has 1 aromatic heterocycles. The fourth-order valence-corrected chi connectivity index (χ4v) is 2.93. The molecule has 4 nitrogen and oxygen atoms in total. The van der Waals surface area contributed by atoms with Gasteiger partial charge in [0.2, 0.25) is 0 Å². The number of hydrogen-bond donors (Lipinski definition) is 1. The monoisotopic (exact) mass is 408 g/mol. The van der Waals surface area contributed by atoms with E-state index in [1.807, 2.05) is 0 Å². The third-order valence-electron chi connectivity index (χ3n) is 3.09. The fraction of sp³-hybridized carbons (Fsp3) is 0.250. The lowest BCUT2D eigenvalue weighted by molar-refractivity contribution is -0.105. The van der Waals surface area contributed by atoms with Crippen LogP contribution in [-0.4, -0.2) is 29.5 Å². The van der Waals surface area contributed by atoms with Gasteiger partial charge in [0, 0.05) is 15.5 Å². The van der Waals surface area contributed by atoms with Gasteiger partial charge in [-0.1, -0.05) is 11.6 Å². The lowest BCUT2D eigenvalue weighted by atomic mass is 10.1. The number of ether oxygens (including phenoxy) is 1. The van der Waals surface area contributed by atoms with E-state index >= 15 is 0 Å². The highest BCUT2D eigenvalue weighted by atomic mass is 35.5. The zero-order valence-electron chi connectivity index (χ0n) is 13.4. The van der Waals surface area contributed by atoms with Gasteiger partial charge in [-0.15, -0.1) is 11.8 Å². The number of nitrogen functional groups attached to an aromatic ring is 1. The van der Waals surface area contributed by atoms with E-state index in [1.165, 1.54) is 18.2 Å². The molecule has 0 saturated heterocycles. The zero-order valence-corrected chi connectivity index (χ0v) is 14.9. The molecule has 0 saturated carbocycles. The molecule has 2 N–H and O–H groups in total. The quantitative estimate of drug-likeness (QED) is 0.430. The molecule has 140 valence electrons. The molecule has 26 heavy (non-hydrogen) atoms. The molecule has 1 heterocycles. The van der Waals surface area contributed by atoms with Gasteiger partial charge in [0.1, 0.15) is 5.82 Å². The number of carbonyl (C=O) groups excluding carboxylic acids is 1. The van der Waals surface area contributed by atoms with Crippen molar-refractivity contribution < 1.29 is 27.1 Å². The number of hydrogen-bond acceptors (Lipinski definition) is 5. The van der Waals surface area contributed by atoms with Gasteiger partial charge < -0.3 is 10.5 Å². The Balaban J connectivity index is 2.57. The SMILES string of the molecule is CCOC(=O)c1nc(-c2ccc(Cl)cc2F)cc(SCC(F)(F)F)c1N. The summed E-state index contributed by atoms with van der Waals surface area (Å²) >= 11 is 6.08. The smallest absolute Gasteiger partial charge is 0.398 e. The minimum absolute atomic E-state index is 0.0184. The highest BCUT2D eigenvalue weighted by Crippen LogP contribution is 2.36. The van der Waals surface area contributed by atoms with Crippen LogP contribution in [0, 0.1) is 5.82 Å². The van der Waals surface area contributed by atoms with Crippen molar-refractivity contribution in [3.63, 3.8) is 0 Å². The topological polar surface area (TPSA) is 65.2 Å². The normalized spacial score (nSPS) is 11.5. The van der Waals surface area contributed by atoms with Crippen LogP contribution >= 0.6 is 23.4 Å². The Morgan fingerprint density at radius 1 is 1.35 bits per heavy atom. The first-order valence-corrected chi connectivity index (χ1v) is 8.61. The summed E-state index contributed by atoms with van der Waals surface area (Å²) in [7, 11) is 0. The number of rotatable bonds is 5. The van der Waals surface area contributed by atoms with Crippen molar-refractivity contribution in [1.29, 1.82) is 0 Å². The molecule has 0 bridgehead atoms. The van der Waals surface area contributed by atoms with Gasteiger partial charge in [-0.3, -0.25) is 0 Å². The van der Waals surface area contributed by atoms with E-state index in [4.69, 9.17) is 22.1 Å². The maximum Gasteiger partial charge on any atom is 0.398 e. The van der Waals surface area contributed by atoms with Crippen molar-refractivity contribution in [2.75, 3.05) is 18.1 Å². The van der Waals surface area contributed by atoms with Crippen LogP contribution in [0.5, 0.6) is 0 Å². The summed E-state index contributed by atoms with van der Waals surface area (Å²) in [5.41, 5.74) is 5.07. The molecule has 10 heteroatoms. The number of nitrogens with zero attached hydrogens (tertiary/aromatic N) is 1. The first kappa shape index (κ1) is 20.3. The first-order chi connectivity index (χ1) is 12.1. The number of nitrogens with two attached hydrogens (primary N) is 1. The van der Waals surface area contributed by atoms with Gasteiger partial charge in [0.15, 0.2) is 5.69 Å². The predicted molar refractivity (Wildman–Crippen MR) is 91.8 cm³/mol. The molecule has 0 fully saturated rings. The molecule has 0 spiro atoms. The Labute approximate surface area is 155 Å². The van der Waals surface area contributed by atoms with Crippen molar-refractivity contribution in [3.8, 4) is 11.3 Å². The summed E-state index contributed by atoms with van der Waals surface area (Å²) in [5, 5.41) is 0.138.